The predicted octanol–water partition coefficient (Wildman–Crippen LogP) is 2.26. The highest BCUT2D eigenvalue weighted by Gasteiger charge is 2.43. The standard InChI is InChI=1S/C20H29N5O/c1-16-17(13-21-24(16)4)14-25-12-8-11-20(15-25,19(26)23(2)3)22-18-9-6-5-7-10-18/h5-7,9-10,13,22H,8,11-12,14-15H2,1-4H3. The van der Waals surface area contributed by atoms with Crippen molar-refractivity contribution in [3.63, 3.8) is 0 Å². The molecule has 0 saturated carbocycles. The maximum atomic E-state index is 13.1. The number of carbonyl (C=O) groups is 1. The lowest BCUT2D eigenvalue weighted by molar-refractivity contribution is -0.135. The summed E-state index contributed by atoms with van der Waals surface area (Å²) in [5, 5.41) is 7.91. The second kappa shape index (κ2) is 7.50. The normalized spacial score (nSPS) is 20.8. The molecule has 1 saturated heterocycles. The monoisotopic (exact) mass is 355 g/mol. The third-order valence-electron chi connectivity index (χ3n) is 5.28. The van der Waals surface area contributed by atoms with Gasteiger partial charge in [-0.3, -0.25) is 14.4 Å². The highest BCUT2D eigenvalue weighted by atomic mass is 16.2. The zero-order valence-corrected chi connectivity index (χ0v) is 16.2. The number of nitrogens with zero attached hydrogens (tertiary/aromatic N) is 4. The van der Waals surface area contributed by atoms with Crippen molar-refractivity contribution in [3.05, 3.63) is 47.8 Å². The Bertz CT molecular complexity index is 755. The average Bonchev–Trinajstić information content (AvgIpc) is 2.94. The number of carbonyl (C=O) groups excluding carboxylic acids is 1. The molecule has 0 radical (unpaired) electrons. The Kier molecular flexibility index (Phi) is 5.32. The number of hydrogen-bond acceptors (Lipinski definition) is 4. The number of para-hydroxylation sites is 1. The van der Waals surface area contributed by atoms with Gasteiger partial charge in [-0.1, -0.05) is 18.2 Å². The lowest BCUT2D eigenvalue weighted by Crippen LogP contribution is -2.61. The van der Waals surface area contributed by atoms with E-state index in [4.69, 9.17) is 0 Å². The maximum Gasteiger partial charge on any atom is 0.249 e. The highest BCUT2D eigenvalue weighted by molar-refractivity contribution is 5.89. The molecule has 1 aromatic carbocycles. The quantitative estimate of drug-likeness (QED) is 0.894. The number of amides is 1. The predicted molar refractivity (Wildman–Crippen MR) is 104 cm³/mol. The van der Waals surface area contributed by atoms with E-state index in [1.807, 2.05) is 62.4 Å². The Morgan fingerprint density at radius 1 is 1.31 bits per heavy atom. The minimum Gasteiger partial charge on any atom is -0.370 e. The number of likely N-dealkylation sites (N-methyl/N-ethyl adjacent to an activating group) is 1. The van der Waals surface area contributed by atoms with Crippen LogP contribution in [0.3, 0.4) is 0 Å². The molecule has 0 spiro atoms. The first kappa shape index (κ1) is 18.5. The first-order valence-electron chi connectivity index (χ1n) is 9.16. The van der Waals surface area contributed by atoms with Gasteiger partial charge in [0, 0.05) is 51.2 Å². The molecule has 6 nitrogen and oxygen atoms in total. The van der Waals surface area contributed by atoms with E-state index in [0.29, 0.717) is 6.54 Å². The number of aromatic nitrogens is 2. The molecule has 1 unspecified atom stereocenters. The summed E-state index contributed by atoms with van der Waals surface area (Å²) in [5.74, 6) is 0.133. The van der Waals surface area contributed by atoms with Crippen molar-refractivity contribution in [1.82, 2.24) is 19.6 Å². The molecule has 1 aliphatic heterocycles. The van der Waals surface area contributed by atoms with Crippen molar-refractivity contribution in [2.45, 2.75) is 31.8 Å². The van der Waals surface area contributed by atoms with Crippen LogP contribution < -0.4 is 5.32 Å². The van der Waals surface area contributed by atoms with Crippen molar-refractivity contribution in [2.24, 2.45) is 7.05 Å². The van der Waals surface area contributed by atoms with Crippen molar-refractivity contribution in [2.75, 3.05) is 32.5 Å². The third-order valence-corrected chi connectivity index (χ3v) is 5.28. The Balaban J connectivity index is 1.83. The molecule has 1 aliphatic rings. The van der Waals surface area contributed by atoms with Gasteiger partial charge in [0.1, 0.15) is 5.54 Å². The number of rotatable bonds is 5. The zero-order chi connectivity index (χ0) is 18.7. The van der Waals surface area contributed by atoms with Crippen LogP contribution in [0.1, 0.15) is 24.1 Å². The summed E-state index contributed by atoms with van der Waals surface area (Å²) in [7, 11) is 5.63. The lowest BCUT2D eigenvalue weighted by Gasteiger charge is -2.44. The molecule has 0 aliphatic carbocycles. The van der Waals surface area contributed by atoms with Crippen LogP contribution in [0.2, 0.25) is 0 Å². The molecular formula is C20H29N5O. The summed E-state index contributed by atoms with van der Waals surface area (Å²) in [6.07, 6.45) is 3.75. The topological polar surface area (TPSA) is 53.4 Å². The second-order valence-electron chi connectivity index (χ2n) is 7.47. The summed E-state index contributed by atoms with van der Waals surface area (Å²) in [6, 6.07) is 10.0. The molecule has 1 fully saturated rings. The van der Waals surface area contributed by atoms with Crippen molar-refractivity contribution in [3.8, 4) is 0 Å². The molecule has 1 atom stereocenters. The molecule has 1 aromatic heterocycles. The fraction of sp³-hybridized carbons (Fsp3) is 0.500. The Morgan fingerprint density at radius 2 is 2.04 bits per heavy atom. The van der Waals surface area contributed by atoms with E-state index in [1.54, 1.807) is 4.90 Å². The van der Waals surface area contributed by atoms with Crippen LogP contribution in [0.15, 0.2) is 36.5 Å². The smallest absolute Gasteiger partial charge is 0.249 e. The largest absolute Gasteiger partial charge is 0.370 e. The number of hydrogen-bond donors (Lipinski definition) is 1. The fourth-order valence-electron chi connectivity index (χ4n) is 3.78. The SMILES string of the molecule is Cc1c(CN2CCCC(Nc3ccccc3)(C(=O)N(C)C)C2)cnn1C. The van der Waals surface area contributed by atoms with Gasteiger partial charge < -0.3 is 10.2 Å². The number of benzene rings is 1. The van der Waals surface area contributed by atoms with Gasteiger partial charge in [-0.15, -0.1) is 0 Å². The molecule has 1 N–H and O–H groups in total. The van der Waals surface area contributed by atoms with Crippen LogP contribution in [0.4, 0.5) is 5.69 Å². The minimum absolute atomic E-state index is 0.133. The molecule has 2 aromatic rings. The molecule has 1 amide bonds. The van der Waals surface area contributed by atoms with Crippen molar-refractivity contribution in [1.29, 1.82) is 0 Å². The van der Waals surface area contributed by atoms with Gasteiger partial charge in [0.05, 0.1) is 6.20 Å². The zero-order valence-electron chi connectivity index (χ0n) is 16.2. The summed E-state index contributed by atoms with van der Waals surface area (Å²) in [6.45, 7) is 4.59. The average molecular weight is 355 g/mol. The van der Waals surface area contributed by atoms with Gasteiger partial charge >= 0.3 is 0 Å². The van der Waals surface area contributed by atoms with Crippen LogP contribution in [-0.2, 0) is 18.4 Å². The van der Waals surface area contributed by atoms with Crippen LogP contribution in [0.25, 0.3) is 0 Å². The number of piperidine rings is 1. The maximum absolute atomic E-state index is 13.1. The first-order chi connectivity index (χ1) is 12.4. The van der Waals surface area contributed by atoms with Crippen LogP contribution in [0, 0.1) is 6.92 Å². The van der Waals surface area contributed by atoms with Gasteiger partial charge in [0.15, 0.2) is 0 Å². The molecule has 26 heavy (non-hydrogen) atoms. The van der Waals surface area contributed by atoms with Crippen molar-refractivity contribution >= 4 is 11.6 Å². The van der Waals surface area contributed by atoms with E-state index >= 15 is 0 Å². The number of likely N-dealkylation sites (tertiary alicyclic amines) is 1. The van der Waals surface area contributed by atoms with Gasteiger partial charge in [-0.25, -0.2) is 0 Å². The minimum atomic E-state index is -0.598. The number of aryl methyl sites for hydroxylation is 1. The van der Waals surface area contributed by atoms with E-state index in [-0.39, 0.29) is 5.91 Å². The van der Waals surface area contributed by atoms with Gasteiger partial charge in [-0.05, 0) is 38.4 Å². The highest BCUT2D eigenvalue weighted by Crippen LogP contribution is 2.29. The Labute approximate surface area is 155 Å². The molecule has 0 bridgehead atoms. The summed E-state index contributed by atoms with van der Waals surface area (Å²) >= 11 is 0. The van der Waals surface area contributed by atoms with E-state index in [2.05, 4.69) is 22.2 Å². The van der Waals surface area contributed by atoms with Crippen LogP contribution >= 0.6 is 0 Å². The van der Waals surface area contributed by atoms with E-state index in [0.717, 1.165) is 31.6 Å². The first-order valence-corrected chi connectivity index (χ1v) is 9.16. The van der Waals surface area contributed by atoms with Crippen LogP contribution in [-0.4, -0.2) is 58.2 Å². The summed E-state index contributed by atoms with van der Waals surface area (Å²) in [4.78, 5) is 17.2. The Morgan fingerprint density at radius 3 is 2.65 bits per heavy atom. The third kappa shape index (κ3) is 3.75. The van der Waals surface area contributed by atoms with E-state index < -0.39 is 5.54 Å². The van der Waals surface area contributed by atoms with Crippen molar-refractivity contribution < 1.29 is 4.79 Å². The fourth-order valence-corrected chi connectivity index (χ4v) is 3.78. The number of nitrogens with one attached hydrogen (secondary N) is 1. The van der Waals surface area contributed by atoms with Crippen LogP contribution in [0.5, 0.6) is 0 Å². The van der Waals surface area contributed by atoms with E-state index in [9.17, 15) is 4.79 Å². The molecule has 2 heterocycles. The molecule has 3 rings (SSSR count). The Hall–Kier alpha value is -2.34. The second-order valence-corrected chi connectivity index (χ2v) is 7.47. The van der Waals surface area contributed by atoms with Gasteiger partial charge in [0.2, 0.25) is 5.91 Å². The van der Waals surface area contributed by atoms with E-state index in [1.165, 1.54) is 11.3 Å². The molecular weight excluding hydrogens is 326 g/mol. The molecule has 6 heteroatoms. The van der Waals surface area contributed by atoms with Gasteiger partial charge in [0.25, 0.3) is 0 Å². The summed E-state index contributed by atoms with van der Waals surface area (Å²) in [5.41, 5.74) is 2.79. The lowest BCUT2D eigenvalue weighted by atomic mass is 9.86. The van der Waals surface area contributed by atoms with Gasteiger partial charge in [-0.2, -0.15) is 5.10 Å². The molecule has 140 valence electrons. The number of anilines is 1. The summed E-state index contributed by atoms with van der Waals surface area (Å²) < 4.78 is 1.90.